The number of urea groups is 1. The maximum Gasteiger partial charge on any atom is 0.322 e. The van der Waals surface area contributed by atoms with E-state index < -0.39 is 0 Å². The smallest absolute Gasteiger partial charge is 0.322 e. The van der Waals surface area contributed by atoms with Crippen molar-refractivity contribution in [3.8, 4) is 0 Å². The summed E-state index contributed by atoms with van der Waals surface area (Å²) in [6.07, 6.45) is 1.74. The van der Waals surface area contributed by atoms with E-state index in [0.717, 1.165) is 12.8 Å². The van der Waals surface area contributed by atoms with E-state index in [1.165, 1.54) is 10.5 Å². The average Bonchev–Trinajstić information content (AvgIpc) is 3.03. The van der Waals surface area contributed by atoms with Gasteiger partial charge in [0, 0.05) is 18.3 Å². The molecule has 0 spiro atoms. The molecule has 0 bridgehead atoms. The molecule has 2 N–H and O–H groups in total. The zero-order valence-corrected chi connectivity index (χ0v) is 16.4. The van der Waals surface area contributed by atoms with Gasteiger partial charge in [-0.05, 0) is 37.0 Å². The lowest BCUT2D eigenvalue weighted by molar-refractivity contribution is -0.116. The minimum Gasteiger partial charge on any atom is -0.360 e. The molecular formula is C20H28N4O3. The molecule has 0 saturated heterocycles. The molecule has 1 aromatic carbocycles. The second kappa shape index (κ2) is 9.75. The van der Waals surface area contributed by atoms with E-state index in [1.54, 1.807) is 13.0 Å². The zero-order chi connectivity index (χ0) is 19.8. The van der Waals surface area contributed by atoms with Gasteiger partial charge in [-0.2, -0.15) is 0 Å². The van der Waals surface area contributed by atoms with E-state index in [2.05, 4.69) is 29.6 Å². The van der Waals surface area contributed by atoms with Crippen LogP contribution >= 0.6 is 0 Å². The average molecular weight is 372 g/mol. The highest BCUT2D eigenvalue weighted by atomic mass is 16.5. The third-order valence-electron chi connectivity index (χ3n) is 4.13. The predicted octanol–water partition coefficient (Wildman–Crippen LogP) is 4.38. The molecule has 0 atom stereocenters. The van der Waals surface area contributed by atoms with Crippen molar-refractivity contribution in [1.82, 2.24) is 10.1 Å². The van der Waals surface area contributed by atoms with Gasteiger partial charge in [-0.1, -0.05) is 44.5 Å². The van der Waals surface area contributed by atoms with Gasteiger partial charge in [0.2, 0.25) is 5.91 Å². The highest BCUT2D eigenvalue weighted by molar-refractivity contribution is 5.96. The maximum atomic E-state index is 12.6. The van der Waals surface area contributed by atoms with E-state index in [1.807, 2.05) is 31.2 Å². The number of aromatic nitrogens is 1. The standard InChI is InChI=1S/C20H28N4O3/c1-5-6-11-24(13-19(25)22-18-12-15(4)27-23-18)20(26)21-17-9-7-16(8-10-17)14(2)3/h7-10,12,14H,5-6,11,13H2,1-4H3,(H,21,26)(H,22,23,25). The number of rotatable bonds is 8. The third kappa shape index (κ3) is 6.44. The molecule has 1 aromatic heterocycles. The van der Waals surface area contributed by atoms with E-state index in [-0.39, 0.29) is 18.5 Å². The van der Waals surface area contributed by atoms with Crippen molar-refractivity contribution in [2.75, 3.05) is 23.7 Å². The first-order valence-corrected chi connectivity index (χ1v) is 9.28. The summed E-state index contributed by atoms with van der Waals surface area (Å²) >= 11 is 0. The van der Waals surface area contributed by atoms with Crippen molar-refractivity contribution in [1.29, 1.82) is 0 Å². The van der Waals surface area contributed by atoms with Gasteiger partial charge in [0.15, 0.2) is 5.82 Å². The van der Waals surface area contributed by atoms with Crippen LogP contribution in [0.1, 0.15) is 50.9 Å². The largest absolute Gasteiger partial charge is 0.360 e. The Labute approximate surface area is 160 Å². The Kier molecular flexibility index (Phi) is 7.40. The molecule has 0 aliphatic carbocycles. The lowest BCUT2D eigenvalue weighted by Gasteiger charge is -2.22. The van der Waals surface area contributed by atoms with Gasteiger partial charge in [-0.3, -0.25) is 4.79 Å². The minimum atomic E-state index is -0.315. The molecule has 1 heterocycles. The number of amides is 3. The number of hydrogen-bond donors (Lipinski definition) is 2. The van der Waals surface area contributed by atoms with Gasteiger partial charge < -0.3 is 20.1 Å². The van der Waals surface area contributed by atoms with Gasteiger partial charge >= 0.3 is 6.03 Å². The van der Waals surface area contributed by atoms with Crippen LogP contribution in [0.4, 0.5) is 16.3 Å². The Morgan fingerprint density at radius 3 is 2.44 bits per heavy atom. The summed E-state index contributed by atoms with van der Waals surface area (Å²) in [7, 11) is 0. The molecule has 0 unspecified atom stereocenters. The highest BCUT2D eigenvalue weighted by Crippen LogP contribution is 2.17. The van der Waals surface area contributed by atoms with Gasteiger partial charge in [-0.25, -0.2) is 4.79 Å². The summed E-state index contributed by atoms with van der Waals surface area (Å²) in [5, 5.41) is 9.24. The van der Waals surface area contributed by atoms with Crippen LogP contribution < -0.4 is 10.6 Å². The molecule has 0 aliphatic heterocycles. The number of aryl methyl sites for hydroxylation is 1. The van der Waals surface area contributed by atoms with E-state index in [0.29, 0.717) is 29.7 Å². The number of carbonyl (C=O) groups is 2. The summed E-state index contributed by atoms with van der Waals surface area (Å²) in [4.78, 5) is 26.4. The summed E-state index contributed by atoms with van der Waals surface area (Å²) in [6, 6.07) is 9.08. The summed E-state index contributed by atoms with van der Waals surface area (Å²) in [5.41, 5.74) is 1.91. The monoisotopic (exact) mass is 372 g/mol. The topological polar surface area (TPSA) is 87.5 Å². The number of nitrogens with zero attached hydrogens (tertiary/aromatic N) is 2. The molecule has 2 rings (SSSR count). The lowest BCUT2D eigenvalue weighted by Crippen LogP contribution is -2.41. The molecule has 0 radical (unpaired) electrons. The van der Waals surface area contributed by atoms with Crippen LogP contribution in [-0.4, -0.2) is 35.1 Å². The Hall–Kier alpha value is -2.83. The van der Waals surface area contributed by atoms with Crippen molar-refractivity contribution in [3.63, 3.8) is 0 Å². The Balaban J connectivity index is 1.98. The number of unbranched alkanes of at least 4 members (excludes halogenated alkanes) is 1. The first kappa shape index (κ1) is 20.5. The zero-order valence-electron chi connectivity index (χ0n) is 16.4. The molecule has 27 heavy (non-hydrogen) atoms. The van der Waals surface area contributed by atoms with Crippen LogP contribution in [-0.2, 0) is 4.79 Å². The molecule has 0 aliphatic rings. The third-order valence-corrected chi connectivity index (χ3v) is 4.13. The fraction of sp³-hybridized carbons (Fsp3) is 0.450. The minimum absolute atomic E-state index is 0.0538. The number of anilines is 2. The van der Waals surface area contributed by atoms with Gasteiger partial charge in [0.05, 0.1) is 0 Å². The lowest BCUT2D eigenvalue weighted by atomic mass is 10.0. The molecule has 0 saturated carbocycles. The quantitative estimate of drug-likeness (QED) is 0.720. The van der Waals surface area contributed by atoms with Gasteiger partial charge in [-0.15, -0.1) is 0 Å². The molecule has 7 nitrogen and oxygen atoms in total. The Bertz CT molecular complexity index is 753. The van der Waals surface area contributed by atoms with Crippen molar-refractivity contribution < 1.29 is 14.1 Å². The van der Waals surface area contributed by atoms with Crippen LogP contribution in [0.3, 0.4) is 0 Å². The van der Waals surface area contributed by atoms with Crippen molar-refractivity contribution >= 4 is 23.4 Å². The Morgan fingerprint density at radius 2 is 1.89 bits per heavy atom. The van der Waals surface area contributed by atoms with Gasteiger partial charge in [0.1, 0.15) is 12.3 Å². The van der Waals surface area contributed by atoms with Crippen LogP contribution in [0.2, 0.25) is 0 Å². The fourth-order valence-corrected chi connectivity index (χ4v) is 2.54. The summed E-state index contributed by atoms with van der Waals surface area (Å²) < 4.78 is 4.93. The molecular weight excluding hydrogens is 344 g/mol. The highest BCUT2D eigenvalue weighted by Gasteiger charge is 2.18. The van der Waals surface area contributed by atoms with Crippen LogP contribution in [0.15, 0.2) is 34.9 Å². The first-order valence-electron chi connectivity index (χ1n) is 9.28. The van der Waals surface area contributed by atoms with Crippen molar-refractivity contribution in [3.05, 3.63) is 41.7 Å². The summed E-state index contributed by atoms with van der Waals surface area (Å²) in [6.45, 7) is 8.47. The molecule has 3 amide bonds. The predicted molar refractivity (Wildman–Crippen MR) is 106 cm³/mol. The maximum absolute atomic E-state index is 12.6. The van der Waals surface area contributed by atoms with Crippen LogP contribution in [0.25, 0.3) is 0 Å². The second-order valence-electron chi connectivity index (χ2n) is 6.85. The SMILES string of the molecule is CCCCN(CC(=O)Nc1cc(C)on1)C(=O)Nc1ccc(C(C)C)cc1. The van der Waals surface area contributed by atoms with E-state index in [9.17, 15) is 9.59 Å². The normalized spacial score (nSPS) is 10.7. The number of nitrogens with one attached hydrogen (secondary N) is 2. The molecule has 2 aromatic rings. The fourth-order valence-electron chi connectivity index (χ4n) is 2.54. The molecule has 7 heteroatoms. The Morgan fingerprint density at radius 1 is 1.19 bits per heavy atom. The van der Waals surface area contributed by atoms with E-state index in [4.69, 9.17) is 4.52 Å². The van der Waals surface area contributed by atoms with Crippen molar-refractivity contribution in [2.24, 2.45) is 0 Å². The van der Waals surface area contributed by atoms with Crippen molar-refractivity contribution in [2.45, 2.75) is 46.5 Å². The van der Waals surface area contributed by atoms with E-state index >= 15 is 0 Å². The molecule has 146 valence electrons. The molecule has 0 fully saturated rings. The van der Waals surface area contributed by atoms with Crippen LogP contribution in [0.5, 0.6) is 0 Å². The number of hydrogen-bond acceptors (Lipinski definition) is 4. The number of benzene rings is 1. The second-order valence-corrected chi connectivity index (χ2v) is 6.85. The summed E-state index contributed by atoms with van der Waals surface area (Å²) in [5.74, 6) is 1.07. The first-order chi connectivity index (χ1) is 12.9. The van der Waals surface area contributed by atoms with Crippen LogP contribution in [0, 0.1) is 6.92 Å². The van der Waals surface area contributed by atoms with Gasteiger partial charge in [0.25, 0.3) is 0 Å². The number of carbonyl (C=O) groups excluding carboxylic acids is 2.